The van der Waals surface area contributed by atoms with Crippen molar-refractivity contribution in [2.45, 2.75) is 349 Å². The summed E-state index contributed by atoms with van der Waals surface area (Å²) in [6.45, 7) is 9.38. The molecule has 0 aromatic carbocycles. The van der Waals surface area contributed by atoms with Gasteiger partial charge in [-0.2, -0.15) is 0 Å². The van der Waals surface area contributed by atoms with Crippen LogP contribution in [0.15, 0.2) is 0 Å². The fraction of sp³-hybridized carbons (Fsp3) is 0.939. The molecule has 0 saturated carbocycles. The van der Waals surface area contributed by atoms with Gasteiger partial charge in [0.25, 0.3) is 0 Å². The van der Waals surface area contributed by atoms with Crippen LogP contribution in [-0.2, 0) is 65.4 Å². The lowest BCUT2D eigenvalue weighted by Gasteiger charge is -2.21. The quantitative estimate of drug-likeness (QED) is 0.0222. The highest BCUT2D eigenvalue weighted by Gasteiger charge is 2.30. The zero-order valence-corrected chi connectivity index (χ0v) is 56.7. The van der Waals surface area contributed by atoms with Crippen molar-refractivity contribution in [1.29, 1.82) is 0 Å². The van der Waals surface area contributed by atoms with Crippen molar-refractivity contribution in [3.05, 3.63) is 0 Å². The first-order valence-electron chi connectivity index (χ1n) is 34.5. The van der Waals surface area contributed by atoms with E-state index in [2.05, 4.69) is 41.5 Å². The second kappa shape index (κ2) is 58.4. The van der Waals surface area contributed by atoms with E-state index in [0.717, 1.165) is 102 Å². The molecule has 0 fully saturated rings. The van der Waals surface area contributed by atoms with Gasteiger partial charge >= 0.3 is 39.5 Å². The molecule has 0 bridgehead atoms. The number of esters is 4. The van der Waals surface area contributed by atoms with Crippen molar-refractivity contribution in [3.63, 3.8) is 0 Å². The van der Waals surface area contributed by atoms with Gasteiger partial charge in [0.2, 0.25) is 0 Å². The molecule has 0 amide bonds. The van der Waals surface area contributed by atoms with Gasteiger partial charge < -0.3 is 33.8 Å². The minimum absolute atomic E-state index is 0.102. The van der Waals surface area contributed by atoms with E-state index < -0.39 is 97.5 Å². The summed E-state index contributed by atoms with van der Waals surface area (Å²) in [4.78, 5) is 72.3. The van der Waals surface area contributed by atoms with Gasteiger partial charge in [-0.15, -0.1) is 0 Å². The van der Waals surface area contributed by atoms with Gasteiger partial charge in [0.1, 0.15) is 19.3 Å². The molecule has 0 aliphatic carbocycles. The average molecular weight is 1260 g/mol. The Kier molecular flexibility index (Phi) is 57.1. The molecule has 85 heavy (non-hydrogen) atoms. The van der Waals surface area contributed by atoms with Crippen LogP contribution in [0.4, 0.5) is 0 Å². The highest BCUT2D eigenvalue weighted by atomic mass is 31.2. The number of aliphatic hydroxyl groups excluding tert-OH is 1. The number of unbranched alkanes of at least 4 members (excludes halogenated alkanes) is 34. The SMILES string of the molecule is CCCCCCCCCCCCCCCCC(=O)O[C@H](COC(=O)CCCCCCCCCCCCCC)COP(=O)(O)OC[C@@H](O)COP(=O)(O)OC[C@@H](COC(=O)CCCCCCCCC(C)C)OC(=O)CCCCCCCCC(C)CC. The van der Waals surface area contributed by atoms with E-state index >= 15 is 0 Å². The summed E-state index contributed by atoms with van der Waals surface area (Å²) in [5.74, 6) is -0.733. The maximum absolute atomic E-state index is 13.0. The molecule has 0 spiro atoms. The topological polar surface area (TPSA) is 237 Å². The molecule has 0 heterocycles. The lowest BCUT2D eigenvalue weighted by molar-refractivity contribution is -0.161. The normalized spacial score (nSPS) is 14.6. The monoisotopic (exact) mass is 1250 g/mol. The van der Waals surface area contributed by atoms with Crippen molar-refractivity contribution in [3.8, 4) is 0 Å². The van der Waals surface area contributed by atoms with E-state index in [-0.39, 0.29) is 25.7 Å². The lowest BCUT2D eigenvalue weighted by atomic mass is 10.00. The Morgan fingerprint density at radius 2 is 0.600 bits per heavy atom. The summed E-state index contributed by atoms with van der Waals surface area (Å²) in [7, 11) is -9.89. The third-order valence-electron chi connectivity index (χ3n) is 15.6. The number of hydrogen-bond acceptors (Lipinski definition) is 15. The smallest absolute Gasteiger partial charge is 0.462 e. The first kappa shape index (κ1) is 83.1. The van der Waals surface area contributed by atoms with Gasteiger partial charge in [0.05, 0.1) is 26.4 Å². The molecule has 0 radical (unpaired) electrons. The highest BCUT2D eigenvalue weighted by Crippen LogP contribution is 2.45. The van der Waals surface area contributed by atoms with E-state index in [1.54, 1.807) is 0 Å². The van der Waals surface area contributed by atoms with Crippen LogP contribution in [0, 0.1) is 11.8 Å². The number of hydrogen-bond donors (Lipinski definition) is 3. The molecule has 0 aliphatic heterocycles. The second-order valence-corrected chi connectivity index (χ2v) is 27.5. The molecule has 504 valence electrons. The molecule has 0 aromatic heterocycles. The standard InChI is InChI=1S/C66H128O17P2/c1-7-10-12-14-16-18-20-22-23-25-27-29-38-44-50-65(70)82-61(54-76-63(68)48-42-36-28-26-24-21-19-17-15-13-11-8-2)56-80-84(72,73)78-52-60(67)53-79-85(74,75)81-57-62(55-77-64(69)49-43-37-32-30-34-40-46-58(4)5)83-66(71)51-45-39-33-31-35-41-47-59(6)9-3/h58-62,67H,7-57H2,1-6H3,(H,72,73)(H,74,75)/t59?,60-,61-,62-/m1/s1. The summed E-state index contributed by atoms with van der Waals surface area (Å²) >= 11 is 0. The minimum atomic E-state index is -4.95. The van der Waals surface area contributed by atoms with Crippen LogP contribution in [0.25, 0.3) is 0 Å². The van der Waals surface area contributed by atoms with Crippen LogP contribution >= 0.6 is 15.6 Å². The van der Waals surface area contributed by atoms with Gasteiger partial charge in [0.15, 0.2) is 12.2 Å². The number of phosphoric ester groups is 2. The largest absolute Gasteiger partial charge is 0.472 e. The molecule has 0 aromatic rings. The van der Waals surface area contributed by atoms with Crippen LogP contribution in [-0.4, -0.2) is 96.7 Å². The Labute approximate surface area is 517 Å². The van der Waals surface area contributed by atoms with Crippen molar-refractivity contribution in [1.82, 2.24) is 0 Å². The van der Waals surface area contributed by atoms with Crippen molar-refractivity contribution in [2.24, 2.45) is 11.8 Å². The molecule has 3 unspecified atom stereocenters. The zero-order chi connectivity index (χ0) is 62.9. The fourth-order valence-corrected chi connectivity index (χ4v) is 11.4. The number of aliphatic hydroxyl groups is 1. The molecule has 0 rings (SSSR count). The van der Waals surface area contributed by atoms with Crippen LogP contribution in [0.5, 0.6) is 0 Å². The third kappa shape index (κ3) is 59.5. The number of carbonyl (C=O) groups excluding carboxylic acids is 4. The molecule has 6 atom stereocenters. The van der Waals surface area contributed by atoms with E-state index in [4.69, 9.17) is 37.0 Å². The molecule has 3 N–H and O–H groups in total. The van der Waals surface area contributed by atoms with Crippen molar-refractivity contribution >= 4 is 39.5 Å². The summed E-state index contributed by atoms with van der Waals surface area (Å²) in [5.41, 5.74) is 0. The maximum atomic E-state index is 13.0. The highest BCUT2D eigenvalue weighted by molar-refractivity contribution is 7.47. The van der Waals surface area contributed by atoms with E-state index in [1.807, 2.05) is 0 Å². The van der Waals surface area contributed by atoms with Crippen LogP contribution < -0.4 is 0 Å². The fourth-order valence-electron chi connectivity index (χ4n) is 9.85. The molecule has 0 aliphatic rings. The van der Waals surface area contributed by atoms with Gasteiger partial charge in [-0.25, -0.2) is 9.13 Å². The Hall–Kier alpha value is -1.94. The summed E-state index contributed by atoms with van der Waals surface area (Å²) < 4.78 is 68.1. The summed E-state index contributed by atoms with van der Waals surface area (Å²) in [6.07, 6.45) is 41.8. The molecular formula is C66H128O17P2. The molecule has 17 nitrogen and oxygen atoms in total. The van der Waals surface area contributed by atoms with Crippen molar-refractivity contribution in [2.75, 3.05) is 39.6 Å². The Morgan fingerprint density at radius 1 is 0.341 bits per heavy atom. The Bertz CT molecular complexity index is 1670. The molecular weight excluding hydrogens is 1130 g/mol. The first-order chi connectivity index (χ1) is 40.9. The summed E-state index contributed by atoms with van der Waals surface area (Å²) in [5, 5.41) is 10.5. The number of ether oxygens (including phenoxy) is 4. The molecule has 0 saturated heterocycles. The van der Waals surface area contributed by atoms with Gasteiger partial charge in [-0.1, -0.05) is 279 Å². The van der Waals surface area contributed by atoms with Gasteiger partial charge in [-0.05, 0) is 37.5 Å². The van der Waals surface area contributed by atoms with E-state index in [1.165, 1.54) is 141 Å². The predicted molar refractivity (Wildman–Crippen MR) is 340 cm³/mol. The van der Waals surface area contributed by atoms with Crippen LogP contribution in [0.1, 0.15) is 330 Å². The summed E-state index contributed by atoms with van der Waals surface area (Å²) in [6, 6.07) is 0. The second-order valence-electron chi connectivity index (χ2n) is 24.6. The van der Waals surface area contributed by atoms with Gasteiger partial charge in [-0.3, -0.25) is 37.3 Å². The Balaban J connectivity index is 5.24. The van der Waals surface area contributed by atoms with E-state index in [9.17, 15) is 43.2 Å². The number of carbonyl (C=O) groups is 4. The minimum Gasteiger partial charge on any atom is -0.462 e. The van der Waals surface area contributed by atoms with Crippen LogP contribution in [0.3, 0.4) is 0 Å². The zero-order valence-electron chi connectivity index (χ0n) is 54.9. The Morgan fingerprint density at radius 3 is 0.894 bits per heavy atom. The number of phosphoric acid groups is 2. The lowest BCUT2D eigenvalue weighted by Crippen LogP contribution is -2.30. The third-order valence-corrected chi connectivity index (χ3v) is 17.5. The maximum Gasteiger partial charge on any atom is 0.472 e. The predicted octanol–water partition coefficient (Wildman–Crippen LogP) is 18.4. The van der Waals surface area contributed by atoms with Gasteiger partial charge in [0, 0.05) is 25.7 Å². The van der Waals surface area contributed by atoms with Crippen molar-refractivity contribution < 1.29 is 80.2 Å². The average Bonchev–Trinajstić information content (AvgIpc) is 3.58. The first-order valence-corrected chi connectivity index (χ1v) is 37.5. The molecule has 19 heteroatoms. The van der Waals surface area contributed by atoms with E-state index in [0.29, 0.717) is 31.6 Å². The number of rotatable bonds is 65. The van der Waals surface area contributed by atoms with Crippen LogP contribution in [0.2, 0.25) is 0 Å².